The molecule has 10 heteroatoms. The molecule has 3 aromatic rings. The molecule has 0 radical (unpaired) electrons. The van der Waals surface area contributed by atoms with Crippen LogP contribution in [0.5, 0.6) is 5.75 Å². The smallest absolute Gasteiger partial charge is 0.330 e. The van der Waals surface area contributed by atoms with Crippen LogP contribution in [-0.4, -0.2) is 46.8 Å². The van der Waals surface area contributed by atoms with Crippen LogP contribution in [0.15, 0.2) is 72.8 Å². The summed E-state index contributed by atoms with van der Waals surface area (Å²) in [5, 5.41) is 12.8. The number of hydrogen-bond donors (Lipinski definition) is 3. The lowest BCUT2D eigenvalue weighted by atomic mass is 10.0. The number of phenols is 1. The Balaban J connectivity index is 1.73. The summed E-state index contributed by atoms with van der Waals surface area (Å²) in [6, 6.07) is 17.3. The number of amides is 2. The molecule has 2 amide bonds. The minimum absolute atomic E-state index is 0.0650. The monoisotopic (exact) mass is 509 g/mol. The number of methoxy groups -OCH3 is 1. The van der Waals surface area contributed by atoms with Gasteiger partial charge in [-0.3, -0.25) is 19.4 Å². The van der Waals surface area contributed by atoms with Gasteiger partial charge in [-0.15, -0.1) is 0 Å². The van der Waals surface area contributed by atoms with Crippen LogP contribution >= 0.6 is 11.6 Å². The van der Waals surface area contributed by atoms with Crippen LogP contribution in [0.3, 0.4) is 0 Å². The Labute approximate surface area is 212 Å². The highest BCUT2D eigenvalue weighted by atomic mass is 35.5. The highest BCUT2D eigenvalue weighted by Crippen LogP contribution is 2.21. The molecule has 0 aromatic heterocycles. The predicted octanol–water partition coefficient (Wildman–Crippen LogP) is 3.11. The van der Waals surface area contributed by atoms with Gasteiger partial charge in [0.05, 0.1) is 17.7 Å². The maximum Gasteiger partial charge on any atom is 0.330 e. The van der Waals surface area contributed by atoms with Crippen LogP contribution in [0.2, 0.25) is 5.02 Å². The SMILES string of the molecule is COC(=O)C(CC(=O)c1ccccc1)N(N)C(=O)c1ccc(C(=O)NCc2cccc(O)c2)cc1Cl. The lowest BCUT2D eigenvalue weighted by molar-refractivity contribution is -0.146. The van der Waals surface area contributed by atoms with Crippen molar-refractivity contribution >= 4 is 35.2 Å². The Morgan fingerprint density at radius 3 is 2.36 bits per heavy atom. The van der Waals surface area contributed by atoms with Gasteiger partial charge in [-0.05, 0) is 35.9 Å². The van der Waals surface area contributed by atoms with Gasteiger partial charge in [-0.25, -0.2) is 10.6 Å². The maximum absolute atomic E-state index is 13.0. The highest BCUT2D eigenvalue weighted by Gasteiger charge is 2.32. The summed E-state index contributed by atoms with van der Waals surface area (Å²) < 4.78 is 4.74. The molecule has 0 aliphatic carbocycles. The van der Waals surface area contributed by atoms with Gasteiger partial charge in [0, 0.05) is 24.1 Å². The molecular formula is C26H24ClN3O6. The first kappa shape index (κ1) is 26.4. The second kappa shape index (κ2) is 12.0. The highest BCUT2D eigenvalue weighted by molar-refractivity contribution is 6.34. The first-order valence-corrected chi connectivity index (χ1v) is 11.2. The number of carbonyl (C=O) groups is 4. The third-order valence-corrected chi connectivity index (χ3v) is 5.66. The number of benzene rings is 3. The molecular weight excluding hydrogens is 486 g/mol. The number of hydrogen-bond acceptors (Lipinski definition) is 7. The summed E-state index contributed by atoms with van der Waals surface area (Å²) in [4.78, 5) is 50.5. The third kappa shape index (κ3) is 6.47. The number of phenolic OH excluding ortho intramolecular Hbond substituents is 1. The van der Waals surface area contributed by atoms with Crippen molar-refractivity contribution in [3.63, 3.8) is 0 Å². The lowest BCUT2D eigenvalue weighted by Gasteiger charge is -2.25. The summed E-state index contributed by atoms with van der Waals surface area (Å²) in [6.07, 6.45) is -0.397. The number of ether oxygens (including phenoxy) is 1. The topological polar surface area (TPSA) is 139 Å². The number of halogens is 1. The molecule has 1 atom stereocenters. The maximum atomic E-state index is 13.0. The molecule has 0 bridgehead atoms. The molecule has 3 rings (SSSR count). The van der Waals surface area contributed by atoms with Gasteiger partial charge in [0.15, 0.2) is 11.8 Å². The van der Waals surface area contributed by atoms with E-state index in [0.29, 0.717) is 16.1 Å². The van der Waals surface area contributed by atoms with E-state index in [2.05, 4.69) is 5.32 Å². The van der Waals surface area contributed by atoms with E-state index in [1.54, 1.807) is 42.5 Å². The zero-order valence-corrected chi connectivity index (χ0v) is 20.1. The molecule has 1 unspecified atom stereocenters. The molecule has 186 valence electrons. The molecule has 0 saturated heterocycles. The van der Waals surface area contributed by atoms with E-state index in [-0.39, 0.29) is 28.4 Å². The summed E-state index contributed by atoms with van der Waals surface area (Å²) >= 11 is 6.27. The standard InChI is InChI=1S/C26H24ClN3O6/c1-36-26(35)22(14-23(32)17-7-3-2-4-8-17)30(28)25(34)20-11-10-18(13-21(20)27)24(33)29-15-16-6-5-9-19(31)12-16/h2-13,22,31H,14-15,28H2,1H3,(H,29,33). The van der Waals surface area contributed by atoms with Crippen LogP contribution in [0, 0.1) is 0 Å². The minimum atomic E-state index is -1.39. The average Bonchev–Trinajstić information content (AvgIpc) is 2.89. The van der Waals surface area contributed by atoms with Gasteiger partial charge >= 0.3 is 5.97 Å². The Hall–Kier alpha value is -4.21. The van der Waals surface area contributed by atoms with Crippen LogP contribution in [0.1, 0.15) is 43.1 Å². The fourth-order valence-electron chi connectivity index (χ4n) is 3.41. The van der Waals surface area contributed by atoms with Crippen molar-refractivity contribution in [3.8, 4) is 5.75 Å². The van der Waals surface area contributed by atoms with Crippen LogP contribution in [-0.2, 0) is 16.1 Å². The fourth-order valence-corrected chi connectivity index (χ4v) is 3.67. The Bertz CT molecular complexity index is 1280. The van der Waals surface area contributed by atoms with E-state index in [1.165, 1.54) is 30.3 Å². The fraction of sp³-hybridized carbons (Fsp3) is 0.154. The van der Waals surface area contributed by atoms with Crippen LogP contribution < -0.4 is 11.2 Å². The second-order valence-corrected chi connectivity index (χ2v) is 8.20. The number of nitrogens with two attached hydrogens (primary N) is 1. The number of Topliss-reactive ketones (excluding diaryl/α,β-unsaturated/α-hetero) is 1. The molecule has 3 aromatic carbocycles. The number of esters is 1. The lowest BCUT2D eigenvalue weighted by Crippen LogP contribution is -2.51. The first-order valence-electron chi connectivity index (χ1n) is 10.8. The second-order valence-electron chi connectivity index (χ2n) is 7.79. The van der Waals surface area contributed by atoms with E-state index in [1.807, 2.05) is 0 Å². The van der Waals surface area contributed by atoms with Crippen molar-refractivity contribution in [2.45, 2.75) is 19.0 Å². The number of carbonyl (C=O) groups excluding carboxylic acids is 4. The van der Waals surface area contributed by atoms with Crippen LogP contribution in [0.25, 0.3) is 0 Å². The van der Waals surface area contributed by atoms with Crippen molar-refractivity contribution in [1.29, 1.82) is 0 Å². The molecule has 0 fully saturated rings. The molecule has 0 saturated carbocycles. The van der Waals surface area contributed by atoms with Gasteiger partial charge in [0.1, 0.15) is 5.75 Å². The normalized spacial score (nSPS) is 11.3. The number of ketones is 1. The average molecular weight is 510 g/mol. The zero-order chi connectivity index (χ0) is 26.2. The summed E-state index contributed by atoms with van der Waals surface area (Å²) in [5.41, 5.74) is 1.17. The number of aromatic hydroxyl groups is 1. The van der Waals surface area contributed by atoms with Crippen molar-refractivity contribution < 1.29 is 29.0 Å². The van der Waals surface area contributed by atoms with Gasteiger partial charge in [0.2, 0.25) is 0 Å². The summed E-state index contributed by atoms with van der Waals surface area (Å²) in [5.74, 6) is 3.48. The predicted molar refractivity (Wildman–Crippen MR) is 132 cm³/mol. The molecule has 0 aliphatic rings. The van der Waals surface area contributed by atoms with Gasteiger partial charge in [-0.2, -0.15) is 0 Å². The Kier molecular flexibility index (Phi) is 8.77. The van der Waals surface area contributed by atoms with Crippen LogP contribution in [0.4, 0.5) is 0 Å². The quantitative estimate of drug-likeness (QED) is 0.132. The summed E-state index contributed by atoms with van der Waals surface area (Å²) in [6.45, 7) is 0.165. The molecule has 0 aliphatic heterocycles. The molecule has 0 spiro atoms. The molecule has 9 nitrogen and oxygen atoms in total. The number of nitrogens with zero attached hydrogens (tertiary/aromatic N) is 1. The van der Waals surface area contributed by atoms with Crippen molar-refractivity contribution in [3.05, 3.63) is 100 Å². The van der Waals surface area contributed by atoms with Crippen molar-refractivity contribution in [1.82, 2.24) is 10.3 Å². The van der Waals surface area contributed by atoms with E-state index in [9.17, 15) is 24.3 Å². The number of rotatable bonds is 9. The first-order chi connectivity index (χ1) is 17.2. The van der Waals surface area contributed by atoms with Gasteiger partial charge in [-0.1, -0.05) is 54.1 Å². The molecule has 0 heterocycles. The molecule has 36 heavy (non-hydrogen) atoms. The largest absolute Gasteiger partial charge is 0.508 e. The third-order valence-electron chi connectivity index (χ3n) is 5.34. The summed E-state index contributed by atoms with van der Waals surface area (Å²) in [7, 11) is 1.12. The molecule has 4 N–H and O–H groups in total. The van der Waals surface area contributed by atoms with E-state index < -0.39 is 36.0 Å². The van der Waals surface area contributed by atoms with Gasteiger partial charge < -0.3 is 15.2 Å². The van der Waals surface area contributed by atoms with Crippen molar-refractivity contribution in [2.75, 3.05) is 7.11 Å². The van der Waals surface area contributed by atoms with Gasteiger partial charge in [0.25, 0.3) is 11.8 Å². The Morgan fingerprint density at radius 2 is 1.72 bits per heavy atom. The number of hydrazine groups is 1. The van der Waals surface area contributed by atoms with E-state index >= 15 is 0 Å². The van der Waals surface area contributed by atoms with E-state index in [0.717, 1.165) is 7.11 Å². The van der Waals surface area contributed by atoms with E-state index in [4.69, 9.17) is 22.2 Å². The number of nitrogens with one attached hydrogen (secondary N) is 1. The van der Waals surface area contributed by atoms with Crippen molar-refractivity contribution in [2.24, 2.45) is 5.84 Å². The zero-order valence-electron chi connectivity index (χ0n) is 19.3. The minimum Gasteiger partial charge on any atom is -0.508 e. The Morgan fingerprint density at radius 1 is 1.00 bits per heavy atom.